The molecule has 37 heavy (non-hydrogen) atoms. The third kappa shape index (κ3) is 10.6. The summed E-state index contributed by atoms with van der Waals surface area (Å²) in [5, 5.41) is 0. The quantitative estimate of drug-likeness (QED) is 0.172. The van der Waals surface area contributed by atoms with Gasteiger partial charge in [0.05, 0.1) is 56.3 Å². The van der Waals surface area contributed by atoms with Gasteiger partial charge in [0.1, 0.15) is 23.9 Å². The Hall–Kier alpha value is -1.01. The van der Waals surface area contributed by atoms with Gasteiger partial charge in [0.15, 0.2) is 4.64 Å². The number of hydrogen-bond acceptors (Lipinski definition) is 11. The highest BCUT2D eigenvalue weighted by Crippen LogP contribution is 2.51. The van der Waals surface area contributed by atoms with E-state index < -0.39 is 21.2 Å². The molecule has 0 radical (unpaired) electrons. The fourth-order valence-corrected chi connectivity index (χ4v) is 7.19. The molecule has 1 N–H and O–H groups in total. The van der Waals surface area contributed by atoms with E-state index in [-0.39, 0.29) is 50.3 Å². The Morgan fingerprint density at radius 2 is 1.24 bits per heavy atom. The van der Waals surface area contributed by atoms with Crippen molar-refractivity contribution in [2.45, 2.75) is 85.8 Å². The minimum Gasteiger partial charge on any atom is -0.367 e. The predicted octanol–water partition coefficient (Wildman–Crippen LogP) is 6.06. The van der Waals surface area contributed by atoms with Crippen LogP contribution in [0.1, 0.15) is 61.4 Å². The van der Waals surface area contributed by atoms with Crippen LogP contribution in [0.2, 0.25) is 0 Å². The second-order valence-corrected chi connectivity index (χ2v) is 13.7. The molecule has 0 aliphatic heterocycles. The van der Waals surface area contributed by atoms with Gasteiger partial charge >= 0.3 is 15.2 Å². The van der Waals surface area contributed by atoms with Gasteiger partial charge in [-0.2, -0.15) is 0 Å². The lowest BCUT2D eigenvalue weighted by Crippen LogP contribution is -2.23. The molecular formula is C22H40N4O8P2S. The molecule has 0 saturated heterocycles. The summed E-state index contributed by atoms with van der Waals surface area (Å²) in [5.74, 6) is 0. The zero-order chi connectivity index (χ0) is 27.8. The van der Waals surface area contributed by atoms with Crippen LogP contribution in [0.3, 0.4) is 0 Å². The number of H-pyrrole nitrogens is 1. The molecule has 2 rings (SSSR count). The molecule has 0 aromatic carbocycles. The highest BCUT2D eigenvalue weighted by molar-refractivity contribution is 7.71. The summed E-state index contributed by atoms with van der Waals surface area (Å²) in [4.78, 5) is 11.5. The Labute approximate surface area is 223 Å². The molecule has 2 aromatic rings. The van der Waals surface area contributed by atoms with Crippen LogP contribution >= 0.6 is 27.4 Å². The van der Waals surface area contributed by atoms with Crippen LogP contribution in [-0.4, -0.2) is 69.8 Å². The van der Waals surface area contributed by atoms with Gasteiger partial charge in [-0.1, -0.05) is 12.2 Å². The topological polar surface area (TPSA) is 136 Å². The zero-order valence-electron chi connectivity index (χ0n) is 22.8. The predicted molar refractivity (Wildman–Crippen MR) is 143 cm³/mol. The molecule has 212 valence electrons. The van der Waals surface area contributed by atoms with E-state index in [4.69, 9.17) is 39.8 Å². The fraction of sp³-hybridized carbons (Fsp3) is 0.773. The Morgan fingerprint density at radius 3 is 1.65 bits per heavy atom. The number of aromatic amines is 1. The molecule has 12 nitrogen and oxygen atoms in total. The van der Waals surface area contributed by atoms with E-state index in [1.807, 2.05) is 0 Å². The molecule has 2 aromatic heterocycles. The first kappa shape index (κ1) is 32.2. The monoisotopic (exact) mass is 582 g/mol. The van der Waals surface area contributed by atoms with Gasteiger partial charge in [0.25, 0.3) is 0 Å². The van der Waals surface area contributed by atoms with E-state index in [0.717, 1.165) is 0 Å². The number of fused-ring (bicyclic) bond motifs is 1. The first-order chi connectivity index (χ1) is 17.2. The molecule has 0 bridgehead atoms. The van der Waals surface area contributed by atoms with Crippen molar-refractivity contribution in [2.24, 2.45) is 0 Å². The molecule has 0 saturated carbocycles. The number of nitrogens with one attached hydrogen (secondary N) is 1. The zero-order valence-corrected chi connectivity index (χ0v) is 25.4. The van der Waals surface area contributed by atoms with Gasteiger partial charge < -0.3 is 37.1 Å². The smallest absolute Gasteiger partial charge is 0.356 e. The standard InChI is InChI=1S/C22H40N4O8P2S/c1-15(2)31-35(27,32-16(3)4)13-29-9-19(26-12-25-20-21(26)23-11-24-22(20)37)10-30-14-36(28,33-17(5)6)34-18(7)8/h11-12,15-19H,9-10,13-14H2,1-8H3,(H,23,24,37). The third-order valence-corrected chi connectivity index (χ3v) is 8.65. The molecule has 0 amide bonds. The van der Waals surface area contributed by atoms with E-state index in [1.165, 1.54) is 6.33 Å². The van der Waals surface area contributed by atoms with Crippen LogP contribution < -0.4 is 0 Å². The number of ether oxygens (including phenoxy) is 2. The first-order valence-corrected chi connectivity index (χ1v) is 16.1. The summed E-state index contributed by atoms with van der Waals surface area (Å²) in [6, 6.07) is -0.476. The second kappa shape index (κ2) is 14.4. The lowest BCUT2D eigenvalue weighted by molar-refractivity contribution is 0.0474. The van der Waals surface area contributed by atoms with Gasteiger partial charge in [-0.25, -0.2) is 9.97 Å². The number of imidazole rings is 1. The number of aromatic nitrogens is 4. The van der Waals surface area contributed by atoms with Gasteiger partial charge in [-0.3, -0.25) is 9.13 Å². The van der Waals surface area contributed by atoms with Crippen molar-refractivity contribution in [3.63, 3.8) is 0 Å². The lowest BCUT2D eigenvalue weighted by Gasteiger charge is -2.26. The summed E-state index contributed by atoms with van der Waals surface area (Å²) in [7, 11) is -7.02. The minimum atomic E-state index is -3.51. The molecule has 0 aliphatic rings. The van der Waals surface area contributed by atoms with Gasteiger partial charge in [-0.15, -0.1) is 0 Å². The number of nitrogens with zero attached hydrogens (tertiary/aromatic N) is 3. The van der Waals surface area contributed by atoms with Crippen LogP contribution in [0.5, 0.6) is 0 Å². The summed E-state index contributed by atoms with van der Waals surface area (Å²) in [5.41, 5.74) is 1.12. The number of hydrogen-bond donors (Lipinski definition) is 1. The van der Waals surface area contributed by atoms with Crippen molar-refractivity contribution < 1.29 is 36.7 Å². The van der Waals surface area contributed by atoms with Crippen molar-refractivity contribution in [2.75, 3.05) is 25.9 Å². The minimum absolute atomic E-state index is 0.0572. The van der Waals surface area contributed by atoms with Crippen LogP contribution in [0.25, 0.3) is 11.2 Å². The maximum Gasteiger partial charge on any atom is 0.356 e. The number of rotatable bonds is 17. The summed E-state index contributed by atoms with van der Waals surface area (Å²) in [6.45, 7) is 14.3. The van der Waals surface area contributed by atoms with E-state index >= 15 is 0 Å². The Balaban J connectivity index is 2.23. The first-order valence-electron chi connectivity index (χ1n) is 12.2. The van der Waals surface area contributed by atoms with Gasteiger partial charge in [-0.05, 0) is 55.4 Å². The van der Waals surface area contributed by atoms with E-state index in [2.05, 4.69) is 15.0 Å². The van der Waals surface area contributed by atoms with E-state index in [9.17, 15) is 9.13 Å². The molecule has 0 aliphatic carbocycles. The van der Waals surface area contributed by atoms with E-state index in [1.54, 1.807) is 66.3 Å². The Kier molecular flexibility index (Phi) is 12.5. The lowest BCUT2D eigenvalue weighted by atomic mass is 10.3. The molecule has 0 spiro atoms. The summed E-state index contributed by atoms with van der Waals surface area (Å²) >= 11 is 5.28. The van der Waals surface area contributed by atoms with Crippen LogP contribution in [0.4, 0.5) is 0 Å². The maximum absolute atomic E-state index is 13.2. The van der Waals surface area contributed by atoms with Crippen molar-refractivity contribution in [1.82, 2.24) is 19.5 Å². The highest BCUT2D eigenvalue weighted by Gasteiger charge is 2.31. The normalized spacial score (nSPS) is 13.3. The average molecular weight is 583 g/mol. The van der Waals surface area contributed by atoms with Crippen molar-refractivity contribution in [3.8, 4) is 0 Å². The molecular weight excluding hydrogens is 542 g/mol. The summed E-state index contributed by atoms with van der Waals surface area (Å²) < 4.78 is 62.5. The molecule has 0 atom stereocenters. The van der Waals surface area contributed by atoms with Crippen molar-refractivity contribution in [1.29, 1.82) is 0 Å². The highest BCUT2D eigenvalue weighted by atomic mass is 32.1. The van der Waals surface area contributed by atoms with Gasteiger partial charge in [0, 0.05) is 0 Å². The third-order valence-electron chi connectivity index (χ3n) is 4.38. The fourth-order valence-electron chi connectivity index (χ4n) is 3.42. The maximum atomic E-state index is 13.2. The van der Waals surface area contributed by atoms with E-state index in [0.29, 0.717) is 15.8 Å². The van der Waals surface area contributed by atoms with Crippen LogP contribution in [-0.2, 0) is 36.7 Å². The Bertz CT molecular complexity index is 1070. The summed E-state index contributed by atoms with van der Waals surface area (Å²) in [6.07, 6.45) is 1.30. The SMILES string of the molecule is CC(C)OP(=O)(COCC(COCP(=O)(OC(C)C)OC(C)C)n1cnc2c(=S)nc[nH]c21)OC(C)C. The Morgan fingerprint density at radius 1 is 0.811 bits per heavy atom. The molecule has 0 unspecified atom stereocenters. The van der Waals surface area contributed by atoms with Crippen molar-refractivity contribution in [3.05, 3.63) is 17.3 Å². The molecule has 15 heteroatoms. The van der Waals surface area contributed by atoms with Crippen molar-refractivity contribution >= 4 is 38.6 Å². The molecule has 2 heterocycles. The average Bonchev–Trinajstić information content (AvgIpc) is 3.15. The largest absolute Gasteiger partial charge is 0.367 e. The second-order valence-electron chi connectivity index (χ2n) is 9.55. The van der Waals surface area contributed by atoms with Gasteiger partial charge in [0.2, 0.25) is 0 Å². The van der Waals surface area contributed by atoms with Crippen LogP contribution in [0, 0.1) is 4.64 Å². The van der Waals surface area contributed by atoms with Crippen LogP contribution in [0.15, 0.2) is 12.7 Å². The molecule has 0 fully saturated rings.